The molecular weight excluding hydrogens is 194 g/mol. The third-order valence-corrected chi connectivity index (χ3v) is 2.97. The normalized spacial score (nSPS) is 10.6. The number of nitrogens with one attached hydrogen (secondary N) is 1. The van der Waals surface area contributed by atoms with Crippen LogP contribution in [-0.4, -0.2) is 6.54 Å². The van der Waals surface area contributed by atoms with Crippen LogP contribution in [0.5, 0.6) is 0 Å². The minimum Gasteiger partial charge on any atom is -0.467 e. The molecule has 2 heterocycles. The van der Waals surface area contributed by atoms with Crippen molar-refractivity contribution in [2.45, 2.75) is 13.5 Å². The predicted molar refractivity (Wildman–Crippen MR) is 59.4 cm³/mol. The molecule has 0 fully saturated rings. The van der Waals surface area contributed by atoms with Gasteiger partial charge in [-0.2, -0.15) is 0 Å². The lowest BCUT2D eigenvalue weighted by molar-refractivity contribution is 0.489. The Morgan fingerprint density at radius 1 is 1.43 bits per heavy atom. The first-order valence-electron chi connectivity index (χ1n) is 4.72. The number of furan rings is 1. The van der Waals surface area contributed by atoms with Crippen LogP contribution in [0.3, 0.4) is 0 Å². The van der Waals surface area contributed by atoms with E-state index < -0.39 is 0 Å². The second kappa shape index (κ2) is 4.44. The highest BCUT2D eigenvalue weighted by molar-refractivity contribution is 7.13. The first kappa shape index (κ1) is 9.49. The second-order valence-corrected chi connectivity index (χ2v) is 3.96. The summed E-state index contributed by atoms with van der Waals surface area (Å²) in [4.78, 5) is 1.27. The van der Waals surface area contributed by atoms with E-state index in [-0.39, 0.29) is 0 Å². The van der Waals surface area contributed by atoms with Gasteiger partial charge in [0.1, 0.15) is 5.76 Å². The fraction of sp³-hybridized carbons (Fsp3) is 0.273. The van der Waals surface area contributed by atoms with Gasteiger partial charge in [0.05, 0.1) is 12.8 Å². The van der Waals surface area contributed by atoms with E-state index in [4.69, 9.17) is 4.42 Å². The van der Waals surface area contributed by atoms with Gasteiger partial charge in [-0.25, -0.2) is 0 Å². The molecule has 0 spiro atoms. The van der Waals surface area contributed by atoms with Crippen LogP contribution >= 0.6 is 11.3 Å². The highest BCUT2D eigenvalue weighted by atomic mass is 32.1. The molecule has 0 unspecified atom stereocenters. The van der Waals surface area contributed by atoms with E-state index in [2.05, 4.69) is 29.8 Å². The Morgan fingerprint density at radius 3 is 3.07 bits per heavy atom. The molecule has 0 aliphatic heterocycles. The van der Waals surface area contributed by atoms with Crippen molar-refractivity contribution in [1.82, 2.24) is 5.32 Å². The molecule has 0 saturated carbocycles. The van der Waals surface area contributed by atoms with Gasteiger partial charge in [-0.3, -0.25) is 0 Å². The van der Waals surface area contributed by atoms with Crippen molar-refractivity contribution in [2.24, 2.45) is 0 Å². The molecule has 0 atom stereocenters. The van der Waals surface area contributed by atoms with Crippen molar-refractivity contribution in [1.29, 1.82) is 0 Å². The molecule has 2 aromatic heterocycles. The summed E-state index contributed by atoms with van der Waals surface area (Å²) >= 11 is 1.74. The molecule has 2 aromatic rings. The Hall–Kier alpha value is -1.06. The zero-order valence-corrected chi connectivity index (χ0v) is 8.93. The predicted octanol–water partition coefficient (Wildman–Crippen LogP) is 3.12. The molecular formula is C11H13NOS. The van der Waals surface area contributed by atoms with Crippen molar-refractivity contribution in [2.75, 3.05) is 6.54 Å². The molecule has 0 aromatic carbocycles. The molecule has 0 aliphatic rings. The average molecular weight is 207 g/mol. The zero-order valence-electron chi connectivity index (χ0n) is 8.12. The molecule has 0 aliphatic carbocycles. The van der Waals surface area contributed by atoms with E-state index in [1.807, 2.05) is 6.07 Å². The molecule has 2 rings (SSSR count). The molecule has 1 N–H and O–H groups in total. The Kier molecular flexibility index (Phi) is 3.01. The number of thiophene rings is 1. The van der Waals surface area contributed by atoms with Gasteiger partial charge >= 0.3 is 0 Å². The molecule has 0 amide bonds. The third-order valence-electron chi connectivity index (χ3n) is 2.07. The van der Waals surface area contributed by atoms with Crippen LogP contribution < -0.4 is 5.32 Å². The van der Waals surface area contributed by atoms with Crippen molar-refractivity contribution < 1.29 is 4.42 Å². The smallest absolute Gasteiger partial charge is 0.126 e. The zero-order chi connectivity index (χ0) is 9.80. The van der Waals surface area contributed by atoms with Crippen LogP contribution in [0.2, 0.25) is 0 Å². The van der Waals surface area contributed by atoms with E-state index in [1.165, 1.54) is 10.4 Å². The highest BCUT2D eigenvalue weighted by Gasteiger charge is 2.08. The van der Waals surface area contributed by atoms with Gasteiger partial charge in [-0.05, 0) is 24.1 Å². The summed E-state index contributed by atoms with van der Waals surface area (Å²) in [5, 5.41) is 5.35. The van der Waals surface area contributed by atoms with Gasteiger partial charge in [-0.1, -0.05) is 13.0 Å². The molecule has 2 nitrogen and oxygen atoms in total. The summed E-state index contributed by atoms with van der Waals surface area (Å²) in [5.74, 6) is 1.02. The summed E-state index contributed by atoms with van der Waals surface area (Å²) in [5.41, 5.74) is 1.21. The van der Waals surface area contributed by atoms with Crippen molar-refractivity contribution in [3.63, 3.8) is 0 Å². The van der Waals surface area contributed by atoms with Crippen LogP contribution in [0.4, 0.5) is 0 Å². The summed E-state index contributed by atoms with van der Waals surface area (Å²) in [6.07, 6.45) is 1.75. The third kappa shape index (κ3) is 1.89. The lowest BCUT2D eigenvalue weighted by atomic mass is 10.2. The lowest BCUT2D eigenvalue weighted by Gasteiger charge is -2.00. The van der Waals surface area contributed by atoms with E-state index in [9.17, 15) is 0 Å². The first-order chi connectivity index (χ1) is 6.92. The monoisotopic (exact) mass is 207 g/mol. The van der Waals surface area contributed by atoms with E-state index in [1.54, 1.807) is 17.6 Å². The molecule has 0 saturated heterocycles. The van der Waals surface area contributed by atoms with Gasteiger partial charge in [0.25, 0.3) is 0 Å². The van der Waals surface area contributed by atoms with Crippen LogP contribution in [0.25, 0.3) is 10.4 Å². The van der Waals surface area contributed by atoms with Crippen LogP contribution in [0.1, 0.15) is 12.7 Å². The summed E-state index contributed by atoms with van der Waals surface area (Å²) in [6, 6.07) is 6.20. The van der Waals surface area contributed by atoms with Crippen molar-refractivity contribution in [3.05, 3.63) is 35.6 Å². The maximum absolute atomic E-state index is 5.43. The molecule has 0 bridgehead atoms. The van der Waals surface area contributed by atoms with E-state index in [0.717, 1.165) is 18.8 Å². The largest absolute Gasteiger partial charge is 0.467 e. The van der Waals surface area contributed by atoms with Crippen LogP contribution in [0, 0.1) is 0 Å². The van der Waals surface area contributed by atoms with Crippen molar-refractivity contribution >= 4 is 11.3 Å². The van der Waals surface area contributed by atoms with Gasteiger partial charge in [0, 0.05) is 10.4 Å². The Labute approximate surface area is 87.6 Å². The van der Waals surface area contributed by atoms with Crippen molar-refractivity contribution in [3.8, 4) is 10.4 Å². The molecule has 14 heavy (non-hydrogen) atoms. The number of hydrogen-bond donors (Lipinski definition) is 1. The van der Waals surface area contributed by atoms with Crippen LogP contribution in [0.15, 0.2) is 34.3 Å². The van der Waals surface area contributed by atoms with Gasteiger partial charge in [0.15, 0.2) is 0 Å². The molecule has 3 heteroatoms. The minimum absolute atomic E-state index is 0.802. The van der Waals surface area contributed by atoms with Crippen LogP contribution in [-0.2, 0) is 6.54 Å². The minimum atomic E-state index is 0.802. The van der Waals surface area contributed by atoms with E-state index >= 15 is 0 Å². The Morgan fingerprint density at radius 2 is 2.36 bits per heavy atom. The Balaban J connectivity index is 2.22. The second-order valence-electron chi connectivity index (χ2n) is 3.02. The topological polar surface area (TPSA) is 25.2 Å². The first-order valence-corrected chi connectivity index (χ1v) is 5.60. The highest BCUT2D eigenvalue weighted by Crippen LogP contribution is 2.28. The van der Waals surface area contributed by atoms with E-state index in [0.29, 0.717) is 0 Å². The van der Waals surface area contributed by atoms with Gasteiger partial charge < -0.3 is 9.73 Å². The van der Waals surface area contributed by atoms with Gasteiger partial charge in [-0.15, -0.1) is 11.3 Å². The maximum atomic E-state index is 5.43. The lowest BCUT2D eigenvalue weighted by Crippen LogP contribution is -2.11. The number of rotatable bonds is 4. The van der Waals surface area contributed by atoms with Gasteiger partial charge in [0.2, 0.25) is 0 Å². The summed E-state index contributed by atoms with van der Waals surface area (Å²) in [7, 11) is 0. The SMILES string of the molecule is CCNCc1occc1-c1cccs1. The molecule has 0 radical (unpaired) electrons. The summed E-state index contributed by atoms with van der Waals surface area (Å²) in [6.45, 7) is 3.86. The number of hydrogen-bond acceptors (Lipinski definition) is 3. The summed E-state index contributed by atoms with van der Waals surface area (Å²) < 4.78 is 5.43. The quantitative estimate of drug-likeness (QED) is 0.833. The Bertz CT molecular complexity index is 378. The fourth-order valence-electron chi connectivity index (χ4n) is 1.37. The standard InChI is InChI=1S/C11H13NOS/c1-2-12-8-10-9(5-6-13-10)11-4-3-7-14-11/h3-7,12H,2,8H2,1H3. The molecule has 74 valence electrons. The average Bonchev–Trinajstić information content (AvgIpc) is 2.84. The maximum Gasteiger partial charge on any atom is 0.126 e. The fourth-order valence-corrected chi connectivity index (χ4v) is 2.14.